The molecule has 1 fully saturated rings. The first-order valence-corrected chi connectivity index (χ1v) is 8.62. The number of methoxy groups -OCH3 is 1. The van der Waals surface area contributed by atoms with Crippen LogP contribution in [-0.2, 0) is 0 Å². The standard InChI is InChI=1S/C14H19N3OS2/c1-18-12-8-7-9-13(16-12)17(14(19)15-9)10-5-3-4-6-11(10)20-2/h7-8,10-11H,3-6H2,1-2H3,(H,15,19). The molecule has 0 spiro atoms. The minimum absolute atomic E-state index is 0.430. The highest BCUT2D eigenvalue weighted by atomic mass is 32.2. The number of hydrogen-bond donors (Lipinski definition) is 1. The van der Waals surface area contributed by atoms with Crippen LogP contribution in [0.5, 0.6) is 5.88 Å². The number of pyridine rings is 1. The van der Waals surface area contributed by atoms with Gasteiger partial charge in [0.15, 0.2) is 10.4 Å². The Hall–Kier alpha value is -1.01. The predicted octanol–water partition coefficient (Wildman–Crippen LogP) is 3.95. The number of aromatic nitrogens is 3. The molecule has 108 valence electrons. The molecular formula is C14H19N3OS2. The molecule has 0 aromatic carbocycles. The van der Waals surface area contributed by atoms with E-state index < -0.39 is 0 Å². The maximum Gasteiger partial charge on any atom is 0.215 e. The molecule has 3 rings (SSSR count). The fraction of sp³-hybridized carbons (Fsp3) is 0.571. The smallest absolute Gasteiger partial charge is 0.215 e. The Balaban J connectivity index is 2.13. The van der Waals surface area contributed by atoms with Gasteiger partial charge in [-0.05, 0) is 37.4 Å². The molecule has 4 nitrogen and oxygen atoms in total. The number of nitrogens with zero attached hydrogens (tertiary/aromatic N) is 2. The van der Waals surface area contributed by atoms with Crippen LogP contribution in [-0.4, -0.2) is 33.2 Å². The van der Waals surface area contributed by atoms with Crippen molar-refractivity contribution in [2.75, 3.05) is 13.4 Å². The van der Waals surface area contributed by atoms with Gasteiger partial charge in [0.2, 0.25) is 5.88 Å². The summed E-state index contributed by atoms with van der Waals surface area (Å²) in [6.45, 7) is 0. The molecule has 1 aliphatic rings. The van der Waals surface area contributed by atoms with E-state index in [9.17, 15) is 0 Å². The molecule has 2 unspecified atom stereocenters. The largest absolute Gasteiger partial charge is 0.481 e. The van der Waals surface area contributed by atoms with E-state index in [4.69, 9.17) is 17.0 Å². The quantitative estimate of drug-likeness (QED) is 0.872. The zero-order valence-corrected chi connectivity index (χ0v) is 13.4. The molecule has 0 bridgehead atoms. The van der Waals surface area contributed by atoms with E-state index in [0.29, 0.717) is 17.2 Å². The van der Waals surface area contributed by atoms with Crippen LogP contribution < -0.4 is 4.74 Å². The topological polar surface area (TPSA) is 42.8 Å². The highest BCUT2D eigenvalue weighted by Gasteiger charge is 2.28. The summed E-state index contributed by atoms with van der Waals surface area (Å²) in [6, 6.07) is 4.29. The Kier molecular flexibility index (Phi) is 4.03. The molecule has 2 atom stereocenters. The number of ether oxygens (including phenoxy) is 1. The van der Waals surface area contributed by atoms with Crippen LogP contribution in [0.3, 0.4) is 0 Å². The Morgan fingerprint density at radius 1 is 1.40 bits per heavy atom. The van der Waals surface area contributed by atoms with Crippen molar-refractivity contribution in [1.29, 1.82) is 0 Å². The van der Waals surface area contributed by atoms with Crippen LogP contribution in [0.15, 0.2) is 12.1 Å². The Bertz CT molecular complexity index is 664. The van der Waals surface area contributed by atoms with Crippen molar-refractivity contribution in [3.8, 4) is 5.88 Å². The Morgan fingerprint density at radius 3 is 2.95 bits per heavy atom. The van der Waals surface area contributed by atoms with Crippen LogP contribution in [0.2, 0.25) is 0 Å². The summed E-state index contributed by atoms with van der Waals surface area (Å²) in [5.41, 5.74) is 1.90. The van der Waals surface area contributed by atoms with E-state index >= 15 is 0 Å². The average Bonchev–Trinajstić information content (AvgIpc) is 2.81. The third kappa shape index (κ3) is 2.35. The second kappa shape index (κ2) is 5.77. The van der Waals surface area contributed by atoms with Crippen LogP contribution >= 0.6 is 24.0 Å². The minimum Gasteiger partial charge on any atom is -0.481 e. The maximum absolute atomic E-state index is 5.53. The molecule has 1 saturated carbocycles. The first kappa shape index (κ1) is 13.9. The molecule has 1 aliphatic carbocycles. The summed E-state index contributed by atoms with van der Waals surface area (Å²) < 4.78 is 8.22. The second-order valence-electron chi connectivity index (χ2n) is 5.15. The van der Waals surface area contributed by atoms with Gasteiger partial charge in [0.05, 0.1) is 12.6 Å². The van der Waals surface area contributed by atoms with E-state index in [-0.39, 0.29) is 0 Å². The lowest BCUT2D eigenvalue weighted by Crippen LogP contribution is -2.25. The molecule has 0 aliphatic heterocycles. The fourth-order valence-corrected chi connectivity index (χ4v) is 4.36. The monoisotopic (exact) mass is 309 g/mol. The van der Waals surface area contributed by atoms with Gasteiger partial charge in [-0.15, -0.1) is 0 Å². The Morgan fingerprint density at radius 2 is 2.20 bits per heavy atom. The summed E-state index contributed by atoms with van der Waals surface area (Å²) in [5.74, 6) is 0.636. The normalized spacial score (nSPS) is 23.1. The fourth-order valence-electron chi connectivity index (χ4n) is 3.05. The number of imidazole rings is 1. The summed E-state index contributed by atoms with van der Waals surface area (Å²) in [7, 11) is 1.64. The Labute approximate surface area is 127 Å². The SMILES string of the molecule is COc1ccc2[nH]c(=S)n(C3CCCCC3SC)c2n1. The zero-order valence-electron chi connectivity index (χ0n) is 11.8. The van der Waals surface area contributed by atoms with Crippen molar-refractivity contribution >= 4 is 35.1 Å². The molecule has 2 aromatic rings. The first-order valence-electron chi connectivity index (χ1n) is 6.92. The highest BCUT2D eigenvalue weighted by molar-refractivity contribution is 7.99. The molecule has 0 radical (unpaired) electrons. The number of H-pyrrole nitrogens is 1. The minimum atomic E-state index is 0.430. The summed E-state index contributed by atoms with van der Waals surface area (Å²) >= 11 is 7.47. The van der Waals surface area contributed by atoms with Crippen LogP contribution in [0.25, 0.3) is 11.2 Å². The second-order valence-corrected chi connectivity index (χ2v) is 6.61. The summed E-state index contributed by atoms with van der Waals surface area (Å²) in [5, 5.41) is 0.613. The lowest BCUT2D eigenvalue weighted by Gasteiger charge is -2.31. The van der Waals surface area contributed by atoms with Gasteiger partial charge in [-0.2, -0.15) is 16.7 Å². The third-order valence-corrected chi connectivity index (χ3v) is 5.50. The van der Waals surface area contributed by atoms with Gasteiger partial charge >= 0.3 is 0 Å². The zero-order chi connectivity index (χ0) is 14.1. The van der Waals surface area contributed by atoms with Crippen LogP contribution in [0.4, 0.5) is 0 Å². The van der Waals surface area contributed by atoms with E-state index in [0.717, 1.165) is 15.9 Å². The number of thioether (sulfide) groups is 1. The highest BCUT2D eigenvalue weighted by Crippen LogP contribution is 2.37. The van der Waals surface area contributed by atoms with E-state index in [2.05, 4.69) is 20.8 Å². The van der Waals surface area contributed by atoms with Gasteiger partial charge < -0.3 is 9.72 Å². The summed E-state index contributed by atoms with van der Waals surface area (Å²) in [6.07, 6.45) is 7.19. The van der Waals surface area contributed by atoms with Gasteiger partial charge in [0, 0.05) is 17.4 Å². The summed E-state index contributed by atoms with van der Waals surface area (Å²) in [4.78, 5) is 7.86. The van der Waals surface area contributed by atoms with E-state index in [1.807, 2.05) is 23.9 Å². The lowest BCUT2D eigenvalue weighted by molar-refractivity contribution is 0.365. The number of rotatable bonds is 3. The molecule has 6 heteroatoms. The number of hydrogen-bond acceptors (Lipinski definition) is 4. The molecule has 0 amide bonds. The van der Waals surface area contributed by atoms with Crippen LogP contribution in [0.1, 0.15) is 31.7 Å². The van der Waals surface area contributed by atoms with Gasteiger partial charge in [0.25, 0.3) is 0 Å². The molecule has 1 N–H and O–H groups in total. The number of nitrogens with one attached hydrogen (secondary N) is 1. The van der Waals surface area contributed by atoms with Crippen molar-refractivity contribution in [3.63, 3.8) is 0 Å². The molecular weight excluding hydrogens is 290 g/mol. The maximum atomic E-state index is 5.53. The van der Waals surface area contributed by atoms with Crippen molar-refractivity contribution in [2.45, 2.75) is 37.0 Å². The molecule has 0 saturated heterocycles. The number of fused-ring (bicyclic) bond motifs is 1. The van der Waals surface area contributed by atoms with Gasteiger partial charge in [-0.1, -0.05) is 12.8 Å². The van der Waals surface area contributed by atoms with Crippen LogP contribution in [0, 0.1) is 4.77 Å². The lowest BCUT2D eigenvalue weighted by atomic mass is 9.94. The van der Waals surface area contributed by atoms with Crippen molar-refractivity contribution in [1.82, 2.24) is 14.5 Å². The van der Waals surface area contributed by atoms with Gasteiger partial charge in [0.1, 0.15) is 0 Å². The third-order valence-electron chi connectivity index (χ3n) is 4.05. The molecule has 2 aromatic heterocycles. The van der Waals surface area contributed by atoms with E-state index in [1.54, 1.807) is 7.11 Å². The average molecular weight is 309 g/mol. The van der Waals surface area contributed by atoms with E-state index in [1.165, 1.54) is 25.7 Å². The first-order chi connectivity index (χ1) is 9.74. The number of aromatic amines is 1. The van der Waals surface area contributed by atoms with Gasteiger partial charge in [-0.25, -0.2) is 0 Å². The van der Waals surface area contributed by atoms with Crippen molar-refractivity contribution < 1.29 is 4.74 Å². The van der Waals surface area contributed by atoms with Crippen molar-refractivity contribution in [2.24, 2.45) is 0 Å². The predicted molar refractivity (Wildman–Crippen MR) is 86.3 cm³/mol. The molecule has 2 heterocycles. The van der Waals surface area contributed by atoms with Gasteiger partial charge in [-0.3, -0.25) is 4.57 Å². The molecule has 20 heavy (non-hydrogen) atoms. The van der Waals surface area contributed by atoms with Crippen molar-refractivity contribution in [3.05, 3.63) is 16.9 Å².